The number of hydrogen-bond donors (Lipinski definition) is 2. The van der Waals surface area contributed by atoms with E-state index in [9.17, 15) is 5.11 Å². The number of aryl methyl sites for hydroxylation is 1. The molecule has 0 saturated carbocycles. The van der Waals surface area contributed by atoms with Gasteiger partial charge < -0.3 is 10.4 Å². The van der Waals surface area contributed by atoms with E-state index >= 15 is 0 Å². The number of fused-ring (bicyclic) bond motifs is 2. The second kappa shape index (κ2) is 18.1. The van der Waals surface area contributed by atoms with Crippen molar-refractivity contribution in [3.8, 4) is 5.75 Å². The monoisotopic (exact) mass is 461 g/mol. The fourth-order valence-corrected chi connectivity index (χ4v) is 3.13. The first kappa shape index (κ1) is 30.6. The minimum absolute atomic E-state index is 0.176. The summed E-state index contributed by atoms with van der Waals surface area (Å²) in [6, 6.07) is 24.6. The summed E-state index contributed by atoms with van der Waals surface area (Å²) in [7, 11) is 3.42. The fourth-order valence-electron chi connectivity index (χ4n) is 3.13. The van der Waals surface area contributed by atoms with Gasteiger partial charge >= 0.3 is 0 Å². The van der Waals surface area contributed by atoms with Gasteiger partial charge in [0.1, 0.15) is 5.69 Å². The summed E-state index contributed by atoms with van der Waals surface area (Å²) in [5.74, 6) is 0.176. The SMILES string of the molecule is CC.CC.CCC.CN=Nc1c(C)cc2cccc(NC)c2c1O.c1ccc2ccccc2c1. The predicted octanol–water partition coefficient (Wildman–Crippen LogP) is 9.92. The molecule has 0 aliphatic rings. The normalized spacial score (nSPS) is 9.44. The van der Waals surface area contributed by atoms with Crippen LogP contribution in [0.5, 0.6) is 5.75 Å². The Morgan fingerprint density at radius 1 is 0.765 bits per heavy atom. The Morgan fingerprint density at radius 3 is 1.62 bits per heavy atom. The van der Waals surface area contributed by atoms with Gasteiger partial charge in [0, 0.05) is 25.2 Å². The zero-order valence-corrected chi connectivity index (χ0v) is 22.5. The molecule has 0 atom stereocenters. The van der Waals surface area contributed by atoms with Crippen LogP contribution in [0.3, 0.4) is 0 Å². The van der Waals surface area contributed by atoms with Crippen molar-refractivity contribution < 1.29 is 5.11 Å². The summed E-state index contributed by atoms with van der Waals surface area (Å²) in [6.45, 7) is 14.2. The van der Waals surface area contributed by atoms with E-state index in [1.165, 1.54) is 17.2 Å². The van der Waals surface area contributed by atoms with Crippen molar-refractivity contribution in [2.75, 3.05) is 19.4 Å². The zero-order valence-electron chi connectivity index (χ0n) is 22.5. The average molecular weight is 462 g/mol. The molecule has 4 aromatic rings. The van der Waals surface area contributed by atoms with Crippen molar-refractivity contribution in [3.05, 3.63) is 78.4 Å². The van der Waals surface area contributed by atoms with Crippen LogP contribution in [0.1, 0.15) is 53.5 Å². The quantitative estimate of drug-likeness (QED) is 0.292. The largest absolute Gasteiger partial charge is 0.505 e. The van der Waals surface area contributed by atoms with Gasteiger partial charge in [0.25, 0.3) is 0 Å². The number of nitrogens with zero attached hydrogens (tertiary/aromatic N) is 2. The summed E-state index contributed by atoms with van der Waals surface area (Å²) < 4.78 is 0. The van der Waals surface area contributed by atoms with Gasteiger partial charge in [0.05, 0.1) is 0 Å². The molecule has 0 aliphatic heterocycles. The van der Waals surface area contributed by atoms with Crippen molar-refractivity contribution in [2.24, 2.45) is 10.2 Å². The van der Waals surface area contributed by atoms with Gasteiger partial charge in [-0.15, -0.1) is 0 Å². The van der Waals surface area contributed by atoms with Crippen LogP contribution >= 0.6 is 0 Å². The van der Waals surface area contributed by atoms with Crippen LogP contribution in [0, 0.1) is 6.92 Å². The van der Waals surface area contributed by atoms with Crippen LogP contribution in [-0.4, -0.2) is 19.2 Å². The minimum Gasteiger partial charge on any atom is -0.505 e. The molecule has 0 aliphatic carbocycles. The molecular weight excluding hydrogens is 418 g/mol. The Bertz CT molecular complexity index is 1060. The lowest BCUT2D eigenvalue weighted by molar-refractivity contribution is 0.482. The lowest BCUT2D eigenvalue weighted by Gasteiger charge is -2.11. The van der Waals surface area contributed by atoms with Crippen LogP contribution in [0.4, 0.5) is 11.4 Å². The van der Waals surface area contributed by atoms with Crippen LogP contribution in [-0.2, 0) is 0 Å². The van der Waals surface area contributed by atoms with E-state index in [4.69, 9.17) is 0 Å². The first-order valence-electron chi connectivity index (χ1n) is 12.2. The molecule has 0 unspecified atom stereocenters. The second-order valence-corrected chi connectivity index (χ2v) is 6.90. The molecule has 0 radical (unpaired) electrons. The molecule has 0 aromatic heterocycles. The molecule has 34 heavy (non-hydrogen) atoms. The number of nitrogens with one attached hydrogen (secondary N) is 1. The van der Waals surface area contributed by atoms with E-state index in [1.54, 1.807) is 7.05 Å². The molecule has 4 aromatic carbocycles. The maximum absolute atomic E-state index is 10.3. The number of benzene rings is 4. The highest BCUT2D eigenvalue weighted by atomic mass is 16.3. The summed E-state index contributed by atoms with van der Waals surface area (Å²) >= 11 is 0. The fraction of sp³-hybridized carbons (Fsp3) is 0.333. The van der Waals surface area contributed by atoms with Crippen molar-refractivity contribution in [1.82, 2.24) is 0 Å². The lowest BCUT2D eigenvalue weighted by atomic mass is 10.0. The number of phenols is 1. The minimum atomic E-state index is 0.176. The van der Waals surface area contributed by atoms with Crippen LogP contribution in [0.25, 0.3) is 21.5 Å². The van der Waals surface area contributed by atoms with Crippen LogP contribution in [0.15, 0.2) is 83.0 Å². The number of phenolic OH excluding ortho intramolecular Hbond substituents is 1. The van der Waals surface area contributed by atoms with Gasteiger partial charge in [0.15, 0.2) is 5.75 Å². The molecule has 0 amide bonds. The number of hydrogen-bond acceptors (Lipinski definition) is 4. The summed E-state index contributed by atoms with van der Waals surface area (Å²) in [5.41, 5.74) is 2.32. The summed E-state index contributed by atoms with van der Waals surface area (Å²) in [4.78, 5) is 0. The van der Waals surface area contributed by atoms with E-state index in [-0.39, 0.29) is 5.75 Å². The van der Waals surface area contributed by atoms with E-state index in [0.717, 1.165) is 22.0 Å². The lowest BCUT2D eigenvalue weighted by Crippen LogP contribution is -1.90. The molecule has 0 spiro atoms. The van der Waals surface area contributed by atoms with E-state index in [0.29, 0.717) is 5.69 Å². The van der Waals surface area contributed by atoms with E-state index in [2.05, 4.69) is 77.9 Å². The van der Waals surface area contributed by atoms with Gasteiger partial charge in [-0.2, -0.15) is 10.2 Å². The van der Waals surface area contributed by atoms with Crippen molar-refractivity contribution >= 4 is 32.9 Å². The molecule has 0 saturated heterocycles. The Kier molecular flexibility index (Phi) is 16.3. The van der Waals surface area contributed by atoms with Crippen LogP contribution in [0.2, 0.25) is 0 Å². The standard InChI is InChI=1S/C13H15N3O.C10H8.C3H8.2C2H6/c1-8-7-9-5-4-6-10(14-2)11(9)13(17)12(8)16-15-3;1-2-6-10-8-4-3-7-9(10)5-1;1-3-2;2*1-2/h4-7,14,17H,1-3H3;1-8H;3H2,1-2H3;2*1-2H3. The average Bonchev–Trinajstić information content (AvgIpc) is 2.89. The van der Waals surface area contributed by atoms with Gasteiger partial charge in [0.2, 0.25) is 0 Å². The van der Waals surface area contributed by atoms with Gasteiger partial charge in [-0.05, 0) is 40.8 Å². The predicted molar refractivity (Wildman–Crippen MR) is 153 cm³/mol. The van der Waals surface area contributed by atoms with E-state index < -0.39 is 0 Å². The van der Waals surface area contributed by atoms with Gasteiger partial charge in [-0.1, -0.05) is 109 Å². The summed E-state index contributed by atoms with van der Waals surface area (Å²) in [5, 5.41) is 25.4. The molecule has 4 nitrogen and oxygen atoms in total. The molecule has 4 heteroatoms. The first-order valence-corrected chi connectivity index (χ1v) is 12.2. The first-order chi connectivity index (χ1) is 16.6. The molecule has 2 N–H and O–H groups in total. The highest BCUT2D eigenvalue weighted by Gasteiger charge is 2.12. The highest BCUT2D eigenvalue weighted by molar-refractivity contribution is 6.02. The number of rotatable bonds is 2. The van der Waals surface area contributed by atoms with Gasteiger partial charge in [-0.25, -0.2) is 0 Å². The molecule has 184 valence electrons. The molecule has 0 heterocycles. The summed E-state index contributed by atoms with van der Waals surface area (Å²) in [6.07, 6.45) is 1.25. The molecule has 4 rings (SSSR count). The number of aromatic hydroxyl groups is 1. The molecule has 0 bridgehead atoms. The molecule has 0 fully saturated rings. The smallest absolute Gasteiger partial charge is 0.153 e. The van der Waals surface area contributed by atoms with Crippen molar-refractivity contribution in [2.45, 2.75) is 54.9 Å². The van der Waals surface area contributed by atoms with Crippen LogP contribution < -0.4 is 5.32 Å². The third kappa shape index (κ3) is 8.86. The zero-order chi connectivity index (χ0) is 25.9. The Labute approximate surface area is 206 Å². The Balaban J connectivity index is 0.000000543. The van der Waals surface area contributed by atoms with E-state index in [1.807, 2.05) is 65.9 Å². The van der Waals surface area contributed by atoms with Crippen molar-refractivity contribution in [1.29, 1.82) is 0 Å². The number of anilines is 1. The Hall–Kier alpha value is -3.40. The second-order valence-electron chi connectivity index (χ2n) is 6.90. The molecular formula is C30H43N3O. The van der Waals surface area contributed by atoms with Crippen molar-refractivity contribution in [3.63, 3.8) is 0 Å². The maximum atomic E-state index is 10.3. The third-order valence-electron chi connectivity index (χ3n) is 4.43. The van der Waals surface area contributed by atoms with Gasteiger partial charge in [-0.3, -0.25) is 0 Å². The number of azo groups is 1. The topological polar surface area (TPSA) is 57.0 Å². The maximum Gasteiger partial charge on any atom is 0.153 e. The highest BCUT2D eigenvalue weighted by Crippen LogP contribution is 2.41. The third-order valence-corrected chi connectivity index (χ3v) is 4.43. The Morgan fingerprint density at radius 2 is 1.21 bits per heavy atom.